The average Bonchev–Trinajstić information content (AvgIpc) is 2.91. The van der Waals surface area contributed by atoms with Crippen molar-refractivity contribution in [3.8, 4) is 0 Å². The second-order valence-electron chi connectivity index (χ2n) is 4.36. The summed E-state index contributed by atoms with van der Waals surface area (Å²) >= 11 is 5.19. The average molecular weight is 301 g/mol. The van der Waals surface area contributed by atoms with Gasteiger partial charge in [-0.2, -0.15) is 0 Å². The summed E-state index contributed by atoms with van der Waals surface area (Å²) in [4.78, 5) is 0. The fraction of sp³-hybridized carbons (Fsp3) is 0.0714. The zero-order chi connectivity index (χ0) is 14.7. The molecule has 2 N–H and O–H groups in total. The van der Waals surface area contributed by atoms with Crippen LogP contribution in [-0.4, -0.2) is 19.7 Å². The van der Waals surface area contributed by atoms with Gasteiger partial charge in [0.05, 0.1) is 6.54 Å². The van der Waals surface area contributed by atoms with Crippen LogP contribution >= 0.6 is 12.2 Å². The third-order valence-electron chi connectivity index (χ3n) is 2.89. The summed E-state index contributed by atoms with van der Waals surface area (Å²) in [5.74, 6) is 0.475. The number of halogens is 1. The predicted octanol–water partition coefficient (Wildman–Crippen LogP) is 2.36. The van der Waals surface area contributed by atoms with Crippen molar-refractivity contribution in [2.45, 2.75) is 6.54 Å². The van der Waals surface area contributed by atoms with Crippen LogP contribution in [0.15, 0.2) is 48.7 Å². The van der Waals surface area contributed by atoms with Crippen molar-refractivity contribution in [2.24, 2.45) is 0 Å². The Morgan fingerprint density at radius 2 is 1.95 bits per heavy atom. The van der Waals surface area contributed by atoms with Crippen molar-refractivity contribution in [3.05, 3.63) is 60.3 Å². The number of pyridine rings is 1. The Kier molecular flexibility index (Phi) is 3.74. The molecule has 0 aliphatic rings. The normalized spacial score (nSPS) is 10.5. The van der Waals surface area contributed by atoms with E-state index in [1.54, 1.807) is 12.1 Å². The molecular formula is C14H12FN5S. The van der Waals surface area contributed by atoms with E-state index in [4.69, 9.17) is 12.2 Å². The quantitative estimate of drug-likeness (QED) is 0.727. The zero-order valence-corrected chi connectivity index (χ0v) is 11.8. The number of aromatic nitrogens is 3. The van der Waals surface area contributed by atoms with Crippen LogP contribution in [0.4, 0.5) is 10.1 Å². The van der Waals surface area contributed by atoms with Gasteiger partial charge in [0.2, 0.25) is 0 Å². The Morgan fingerprint density at radius 1 is 1.14 bits per heavy atom. The Morgan fingerprint density at radius 3 is 2.76 bits per heavy atom. The molecule has 0 spiro atoms. The number of nitrogens with zero attached hydrogens (tertiary/aromatic N) is 3. The van der Waals surface area contributed by atoms with Gasteiger partial charge in [0.15, 0.2) is 16.6 Å². The monoisotopic (exact) mass is 301 g/mol. The van der Waals surface area contributed by atoms with Gasteiger partial charge in [0.1, 0.15) is 5.82 Å². The maximum absolute atomic E-state index is 12.8. The molecule has 2 aromatic heterocycles. The lowest BCUT2D eigenvalue weighted by Crippen LogP contribution is -2.28. The minimum Gasteiger partial charge on any atom is -0.355 e. The van der Waals surface area contributed by atoms with Crippen LogP contribution in [0.3, 0.4) is 0 Å². The Balaban J connectivity index is 1.62. The fourth-order valence-electron chi connectivity index (χ4n) is 1.88. The lowest BCUT2D eigenvalue weighted by molar-refractivity contribution is 0.628. The highest BCUT2D eigenvalue weighted by atomic mass is 32.1. The molecule has 0 bridgehead atoms. The molecule has 2 heterocycles. The molecule has 3 aromatic rings. The van der Waals surface area contributed by atoms with Crippen molar-refractivity contribution in [1.29, 1.82) is 0 Å². The van der Waals surface area contributed by atoms with Gasteiger partial charge >= 0.3 is 0 Å². The molecular weight excluding hydrogens is 289 g/mol. The van der Waals surface area contributed by atoms with Gasteiger partial charge in [0, 0.05) is 11.9 Å². The van der Waals surface area contributed by atoms with E-state index in [2.05, 4.69) is 20.8 Å². The summed E-state index contributed by atoms with van der Waals surface area (Å²) < 4.78 is 14.7. The highest BCUT2D eigenvalue weighted by Gasteiger charge is 2.05. The molecule has 0 saturated carbocycles. The Bertz CT molecular complexity index is 768. The summed E-state index contributed by atoms with van der Waals surface area (Å²) in [6.07, 6.45) is 1.89. The first-order valence-electron chi connectivity index (χ1n) is 6.31. The van der Waals surface area contributed by atoms with E-state index in [9.17, 15) is 4.39 Å². The summed E-state index contributed by atoms with van der Waals surface area (Å²) in [5, 5.41) is 14.6. The Hall–Kier alpha value is -2.54. The maximum Gasteiger partial charge on any atom is 0.171 e. The lowest BCUT2D eigenvalue weighted by atomic mass is 10.3. The summed E-state index contributed by atoms with van der Waals surface area (Å²) in [6, 6.07) is 11.7. The second kappa shape index (κ2) is 5.84. The van der Waals surface area contributed by atoms with Crippen molar-refractivity contribution < 1.29 is 4.39 Å². The number of nitrogens with one attached hydrogen (secondary N) is 2. The van der Waals surface area contributed by atoms with Crippen molar-refractivity contribution in [1.82, 2.24) is 19.9 Å². The third kappa shape index (κ3) is 3.14. The molecule has 0 fully saturated rings. The molecule has 0 amide bonds. The Labute approximate surface area is 125 Å². The third-order valence-corrected chi connectivity index (χ3v) is 3.14. The van der Waals surface area contributed by atoms with Crippen molar-refractivity contribution in [3.63, 3.8) is 0 Å². The molecule has 106 valence electrons. The van der Waals surface area contributed by atoms with Crippen LogP contribution < -0.4 is 10.6 Å². The number of hydrogen-bond acceptors (Lipinski definition) is 3. The first kappa shape index (κ1) is 13.4. The van der Waals surface area contributed by atoms with Crippen molar-refractivity contribution >= 4 is 28.7 Å². The van der Waals surface area contributed by atoms with Crippen molar-refractivity contribution in [2.75, 3.05) is 5.32 Å². The molecule has 0 atom stereocenters. The number of hydrogen-bond donors (Lipinski definition) is 2. The standard InChI is InChI=1S/C14H12FN5S/c15-10-4-6-11(7-5-10)17-14(21)16-9-13-19-18-12-3-1-2-8-20(12)13/h1-8H,9H2,(H2,16,17,21). The smallest absolute Gasteiger partial charge is 0.171 e. The van der Waals surface area contributed by atoms with E-state index in [-0.39, 0.29) is 5.82 Å². The molecule has 7 heteroatoms. The van der Waals surface area contributed by atoms with Crippen LogP contribution in [0.25, 0.3) is 5.65 Å². The molecule has 3 rings (SSSR count). The van der Waals surface area contributed by atoms with Crippen LogP contribution in [0.2, 0.25) is 0 Å². The van der Waals surface area contributed by atoms with Gasteiger partial charge < -0.3 is 10.6 Å². The molecule has 1 aromatic carbocycles. The van der Waals surface area contributed by atoms with Gasteiger partial charge in [-0.3, -0.25) is 4.40 Å². The molecule has 0 aliphatic carbocycles. The van der Waals surface area contributed by atoms with E-state index in [0.717, 1.165) is 17.2 Å². The topological polar surface area (TPSA) is 54.2 Å². The molecule has 0 radical (unpaired) electrons. The fourth-order valence-corrected chi connectivity index (χ4v) is 2.07. The van der Waals surface area contributed by atoms with Crippen LogP contribution in [0, 0.1) is 5.82 Å². The number of rotatable bonds is 3. The van der Waals surface area contributed by atoms with Crippen LogP contribution in [0.5, 0.6) is 0 Å². The minimum absolute atomic E-state index is 0.283. The van der Waals surface area contributed by atoms with E-state index in [0.29, 0.717) is 11.7 Å². The molecule has 0 aliphatic heterocycles. The highest BCUT2D eigenvalue weighted by molar-refractivity contribution is 7.80. The molecule has 5 nitrogen and oxygen atoms in total. The number of benzene rings is 1. The SMILES string of the molecule is Fc1ccc(NC(=S)NCc2nnc3ccccn23)cc1. The minimum atomic E-state index is -0.283. The van der Waals surface area contributed by atoms with Crippen LogP contribution in [-0.2, 0) is 6.54 Å². The predicted molar refractivity (Wildman–Crippen MR) is 82.4 cm³/mol. The lowest BCUT2D eigenvalue weighted by Gasteiger charge is -2.09. The van der Waals surface area contributed by atoms with Gasteiger partial charge in [0.25, 0.3) is 0 Å². The van der Waals surface area contributed by atoms with Gasteiger partial charge in [-0.15, -0.1) is 10.2 Å². The number of fused-ring (bicyclic) bond motifs is 1. The van der Waals surface area contributed by atoms with Crippen LogP contribution in [0.1, 0.15) is 5.82 Å². The largest absolute Gasteiger partial charge is 0.355 e. The first-order valence-corrected chi connectivity index (χ1v) is 6.72. The second-order valence-corrected chi connectivity index (χ2v) is 4.77. The number of thiocarbonyl (C=S) groups is 1. The molecule has 21 heavy (non-hydrogen) atoms. The molecule has 0 unspecified atom stereocenters. The van der Waals surface area contributed by atoms with E-state index < -0.39 is 0 Å². The maximum atomic E-state index is 12.8. The zero-order valence-electron chi connectivity index (χ0n) is 11.0. The van der Waals surface area contributed by atoms with Gasteiger partial charge in [-0.1, -0.05) is 6.07 Å². The highest BCUT2D eigenvalue weighted by Crippen LogP contribution is 2.08. The van der Waals surface area contributed by atoms with E-state index in [1.807, 2.05) is 28.8 Å². The summed E-state index contributed by atoms with van der Waals surface area (Å²) in [6.45, 7) is 0.443. The molecule has 0 saturated heterocycles. The summed E-state index contributed by atoms with van der Waals surface area (Å²) in [7, 11) is 0. The van der Waals surface area contributed by atoms with E-state index in [1.165, 1.54) is 12.1 Å². The van der Waals surface area contributed by atoms with Gasteiger partial charge in [-0.25, -0.2) is 4.39 Å². The number of anilines is 1. The first-order chi connectivity index (χ1) is 10.2. The van der Waals surface area contributed by atoms with Gasteiger partial charge in [-0.05, 0) is 48.6 Å². The summed E-state index contributed by atoms with van der Waals surface area (Å²) in [5.41, 5.74) is 1.51. The van der Waals surface area contributed by atoms with E-state index >= 15 is 0 Å².